The lowest BCUT2D eigenvalue weighted by atomic mass is 9.91. The summed E-state index contributed by atoms with van der Waals surface area (Å²) < 4.78 is 16.9. The van der Waals surface area contributed by atoms with Crippen molar-refractivity contribution in [3.8, 4) is 11.5 Å². The number of ether oxygens (including phenoxy) is 3. The number of hydrogen-bond donors (Lipinski definition) is 0. The molecule has 0 aliphatic carbocycles. The van der Waals surface area contributed by atoms with E-state index in [4.69, 9.17) is 14.2 Å². The number of carbonyl (C=O) groups is 1. The van der Waals surface area contributed by atoms with Crippen molar-refractivity contribution in [1.82, 2.24) is 0 Å². The van der Waals surface area contributed by atoms with E-state index in [0.717, 1.165) is 29.7 Å². The maximum absolute atomic E-state index is 12.1. The van der Waals surface area contributed by atoms with Gasteiger partial charge in [0.1, 0.15) is 12.2 Å². The van der Waals surface area contributed by atoms with Gasteiger partial charge in [0.05, 0.1) is 7.11 Å². The highest BCUT2D eigenvalue weighted by Gasteiger charge is 2.19. The Hall–Kier alpha value is -2.49. The Bertz CT molecular complexity index is 747. The first kappa shape index (κ1) is 21.8. The number of benzene rings is 2. The molecule has 1 unspecified atom stereocenters. The first-order chi connectivity index (χ1) is 13.3. The zero-order valence-corrected chi connectivity index (χ0v) is 17.7. The largest absolute Gasteiger partial charge is 0.493 e. The second-order valence-corrected chi connectivity index (χ2v) is 7.91. The highest BCUT2D eigenvalue weighted by atomic mass is 16.6. The molecule has 0 aliphatic rings. The molecule has 0 spiro atoms. The molecule has 4 nitrogen and oxygen atoms in total. The van der Waals surface area contributed by atoms with Gasteiger partial charge in [0.2, 0.25) is 0 Å². The third-order valence-corrected chi connectivity index (χ3v) is 4.51. The van der Waals surface area contributed by atoms with E-state index in [2.05, 4.69) is 13.0 Å². The average molecular weight is 385 g/mol. The summed E-state index contributed by atoms with van der Waals surface area (Å²) in [7, 11) is 1.64. The Balaban J connectivity index is 2.07. The van der Waals surface area contributed by atoms with Gasteiger partial charge in [-0.3, -0.25) is 4.79 Å². The van der Waals surface area contributed by atoms with Gasteiger partial charge in [0.25, 0.3) is 0 Å². The predicted molar refractivity (Wildman–Crippen MR) is 112 cm³/mol. The second kappa shape index (κ2) is 10.2. The van der Waals surface area contributed by atoms with Crippen molar-refractivity contribution < 1.29 is 19.0 Å². The van der Waals surface area contributed by atoms with Gasteiger partial charge in [-0.25, -0.2) is 0 Å². The monoisotopic (exact) mass is 384 g/mol. The Morgan fingerprint density at radius 1 is 1.04 bits per heavy atom. The molecule has 0 amide bonds. The second-order valence-electron chi connectivity index (χ2n) is 7.91. The van der Waals surface area contributed by atoms with Gasteiger partial charge in [-0.2, -0.15) is 0 Å². The molecule has 2 aromatic rings. The molecule has 152 valence electrons. The summed E-state index contributed by atoms with van der Waals surface area (Å²) in [6, 6.07) is 16.1. The first-order valence-electron chi connectivity index (χ1n) is 9.89. The van der Waals surface area contributed by atoms with Crippen LogP contribution in [0.1, 0.15) is 64.0 Å². The van der Waals surface area contributed by atoms with Crippen LogP contribution in [0.25, 0.3) is 0 Å². The summed E-state index contributed by atoms with van der Waals surface area (Å²) in [5, 5.41) is 0. The number of carbonyl (C=O) groups excluding carboxylic acids is 1. The van der Waals surface area contributed by atoms with Gasteiger partial charge >= 0.3 is 5.97 Å². The number of rotatable bonds is 9. The van der Waals surface area contributed by atoms with Gasteiger partial charge in [0.15, 0.2) is 11.5 Å². The van der Waals surface area contributed by atoms with Gasteiger partial charge in [-0.05, 0) is 62.8 Å². The predicted octanol–water partition coefficient (Wildman–Crippen LogP) is 5.89. The standard InChI is InChI=1S/C24H32O4/c1-6-19(13-15-23(25)28-24(2,3)4)20-12-14-21(26-5)22(16-20)27-17-18-10-8-7-9-11-18/h7-12,14,16,19H,6,13,15,17H2,1-5H3. The van der Waals surface area contributed by atoms with E-state index in [-0.39, 0.29) is 11.9 Å². The molecule has 0 radical (unpaired) electrons. The quantitative estimate of drug-likeness (QED) is 0.506. The molecule has 2 rings (SSSR count). The molecule has 0 saturated carbocycles. The molecule has 0 bridgehead atoms. The fraction of sp³-hybridized carbons (Fsp3) is 0.458. The van der Waals surface area contributed by atoms with Crippen LogP contribution in [0.4, 0.5) is 0 Å². The normalized spacial score (nSPS) is 12.3. The van der Waals surface area contributed by atoms with Crippen LogP contribution in [0.3, 0.4) is 0 Å². The zero-order chi connectivity index (χ0) is 20.6. The van der Waals surface area contributed by atoms with E-state index in [1.807, 2.05) is 63.2 Å². The summed E-state index contributed by atoms with van der Waals surface area (Å²) in [5.74, 6) is 1.54. The van der Waals surface area contributed by atoms with Crippen LogP contribution in [-0.2, 0) is 16.1 Å². The van der Waals surface area contributed by atoms with E-state index in [1.165, 1.54) is 0 Å². The number of esters is 1. The third-order valence-electron chi connectivity index (χ3n) is 4.51. The molecular weight excluding hydrogens is 352 g/mol. The molecule has 0 aromatic heterocycles. The van der Waals surface area contributed by atoms with Crippen LogP contribution in [0, 0.1) is 0 Å². The summed E-state index contributed by atoms with van der Waals surface area (Å²) in [4.78, 5) is 12.1. The van der Waals surface area contributed by atoms with Crippen LogP contribution in [0.5, 0.6) is 11.5 Å². The fourth-order valence-corrected chi connectivity index (χ4v) is 3.09. The molecule has 1 atom stereocenters. The lowest BCUT2D eigenvalue weighted by molar-refractivity contribution is -0.155. The molecule has 4 heteroatoms. The summed E-state index contributed by atoms with van der Waals surface area (Å²) in [5.41, 5.74) is 1.80. The van der Waals surface area contributed by atoms with Crippen molar-refractivity contribution in [2.75, 3.05) is 7.11 Å². The SMILES string of the molecule is CCC(CCC(=O)OC(C)(C)C)c1ccc(OC)c(OCc2ccccc2)c1. The zero-order valence-electron chi connectivity index (χ0n) is 17.7. The summed E-state index contributed by atoms with van der Waals surface area (Å²) in [6.07, 6.45) is 2.09. The minimum atomic E-state index is -0.447. The van der Waals surface area contributed by atoms with Crippen LogP contribution in [0.2, 0.25) is 0 Å². The van der Waals surface area contributed by atoms with Crippen molar-refractivity contribution >= 4 is 5.97 Å². The Morgan fingerprint density at radius 3 is 2.36 bits per heavy atom. The van der Waals surface area contributed by atoms with E-state index in [9.17, 15) is 4.79 Å². The summed E-state index contributed by atoms with van der Waals surface area (Å²) >= 11 is 0. The number of hydrogen-bond acceptors (Lipinski definition) is 4. The highest BCUT2D eigenvalue weighted by Crippen LogP contribution is 2.34. The van der Waals surface area contributed by atoms with Crippen LogP contribution in [-0.4, -0.2) is 18.7 Å². The van der Waals surface area contributed by atoms with Crippen molar-refractivity contribution in [3.05, 3.63) is 59.7 Å². The smallest absolute Gasteiger partial charge is 0.306 e. The van der Waals surface area contributed by atoms with Gasteiger partial charge < -0.3 is 14.2 Å². The van der Waals surface area contributed by atoms with Gasteiger partial charge in [0, 0.05) is 6.42 Å². The van der Waals surface area contributed by atoms with Crippen molar-refractivity contribution in [3.63, 3.8) is 0 Å². The van der Waals surface area contributed by atoms with Crippen LogP contribution < -0.4 is 9.47 Å². The molecule has 0 N–H and O–H groups in total. The Labute approximate surface area is 168 Å². The lowest BCUT2D eigenvalue weighted by Crippen LogP contribution is -2.24. The fourth-order valence-electron chi connectivity index (χ4n) is 3.09. The van der Waals surface area contributed by atoms with Crippen LogP contribution >= 0.6 is 0 Å². The third kappa shape index (κ3) is 6.91. The Morgan fingerprint density at radius 2 is 1.75 bits per heavy atom. The van der Waals surface area contributed by atoms with E-state index in [1.54, 1.807) is 7.11 Å². The van der Waals surface area contributed by atoms with Crippen molar-refractivity contribution in [1.29, 1.82) is 0 Å². The summed E-state index contributed by atoms with van der Waals surface area (Å²) in [6.45, 7) is 8.29. The minimum absolute atomic E-state index is 0.153. The molecule has 0 fully saturated rings. The molecule has 0 heterocycles. The number of methoxy groups -OCH3 is 1. The molecule has 2 aromatic carbocycles. The first-order valence-corrected chi connectivity index (χ1v) is 9.89. The van der Waals surface area contributed by atoms with Crippen molar-refractivity contribution in [2.24, 2.45) is 0 Å². The molecule has 28 heavy (non-hydrogen) atoms. The molecule has 0 aliphatic heterocycles. The molecule has 0 saturated heterocycles. The maximum Gasteiger partial charge on any atom is 0.306 e. The topological polar surface area (TPSA) is 44.8 Å². The highest BCUT2D eigenvalue weighted by molar-refractivity contribution is 5.69. The van der Waals surface area contributed by atoms with E-state index in [0.29, 0.717) is 18.8 Å². The van der Waals surface area contributed by atoms with Gasteiger partial charge in [-0.1, -0.05) is 43.3 Å². The average Bonchev–Trinajstić information content (AvgIpc) is 2.66. The van der Waals surface area contributed by atoms with E-state index >= 15 is 0 Å². The minimum Gasteiger partial charge on any atom is -0.493 e. The van der Waals surface area contributed by atoms with Gasteiger partial charge in [-0.15, -0.1) is 0 Å². The van der Waals surface area contributed by atoms with E-state index < -0.39 is 5.60 Å². The Kier molecular flexibility index (Phi) is 7.91. The maximum atomic E-state index is 12.1. The van der Waals surface area contributed by atoms with Crippen molar-refractivity contribution in [2.45, 2.75) is 65.1 Å². The molecular formula is C24H32O4. The van der Waals surface area contributed by atoms with Crippen LogP contribution in [0.15, 0.2) is 48.5 Å². The lowest BCUT2D eigenvalue weighted by Gasteiger charge is -2.21.